The topological polar surface area (TPSA) is 86.8 Å². The molecule has 0 aliphatic heterocycles. The summed E-state index contributed by atoms with van der Waals surface area (Å²) in [5, 5.41) is 3.06. The van der Waals surface area contributed by atoms with Gasteiger partial charge in [0, 0.05) is 23.5 Å². The summed E-state index contributed by atoms with van der Waals surface area (Å²) in [5.74, 6) is -0.778. The van der Waals surface area contributed by atoms with Crippen molar-refractivity contribution in [2.24, 2.45) is 0 Å². The maximum absolute atomic E-state index is 14.6. The maximum atomic E-state index is 14.6. The van der Waals surface area contributed by atoms with Crippen LogP contribution in [0.4, 0.5) is 5.69 Å². The van der Waals surface area contributed by atoms with Gasteiger partial charge in [-0.3, -0.25) is 13.9 Å². The number of rotatable bonds is 13. The van der Waals surface area contributed by atoms with E-state index in [1.807, 2.05) is 88.4 Å². The fourth-order valence-corrected chi connectivity index (χ4v) is 6.81. The van der Waals surface area contributed by atoms with Gasteiger partial charge < -0.3 is 10.2 Å². The Hall–Kier alpha value is -3.95. The Balaban J connectivity index is 1.82. The third kappa shape index (κ3) is 9.05. The number of nitrogens with zero attached hydrogens (tertiary/aromatic N) is 2. The number of benzene rings is 4. The zero-order chi connectivity index (χ0) is 32.6. The first kappa shape index (κ1) is 33.9. The molecular weight excluding hydrogens is 650 g/mol. The Labute approximate surface area is 275 Å². The zero-order valence-electron chi connectivity index (χ0n) is 26.1. The van der Waals surface area contributed by atoms with Crippen molar-refractivity contribution in [3.8, 4) is 0 Å². The van der Waals surface area contributed by atoms with E-state index < -0.39 is 28.5 Å². The molecule has 2 amide bonds. The van der Waals surface area contributed by atoms with Crippen LogP contribution in [-0.2, 0) is 32.6 Å². The lowest BCUT2D eigenvalue weighted by molar-refractivity contribution is -0.140. The number of sulfonamides is 1. The molecule has 236 valence electrons. The lowest BCUT2D eigenvalue weighted by Crippen LogP contribution is -2.54. The van der Waals surface area contributed by atoms with Crippen LogP contribution in [0, 0.1) is 13.8 Å². The minimum atomic E-state index is -4.14. The van der Waals surface area contributed by atoms with Crippen molar-refractivity contribution in [2.45, 2.75) is 64.1 Å². The highest BCUT2D eigenvalue weighted by molar-refractivity contribution is 9.10. The summed E-state index contributed by atoms with van der Waals surface area (Å²) in [6.07, 6.45) is 0.987. The third-order valence-electron chi connectivity index (χ3n) is 7.64. The number of halogens is 1. The van der Waals surface area contributed by atoms with Gasteiger partial charge in [0.2, 0.25) is 11.8 Å². The summed E-state index contributed by atoms with van der Waals surface area (Å²) in [6, 6.07) is 29.7. The molecule has 4 rings (SSSR count). The van der Waals surface area contributed by atoms with Crippen LogP contribution in [0.1, 0.15) is 42.5 Å². The van der Waals surface area contributed by atoms with E-state index in [2.05, 4.69) is 21.2 Å². The van der Waals surface area contributed by atoms with Crippen molar-refractivity contribution in [3.05, 3.63) is 130 Å². The third-order valence-corrected chi connectivity index (χ3v) is 9.96. The molecule has 0 fully saturated rings. The van der Waals surface area contributed by atoms with E-state index in [-0.39, 0.29) is 29.8 Å². The molecule has 2 unspecified atom stereocenters. The van der Waals surface area contributed by atoms with Crippen molar-refractivity contribution in [1.82, 2.24) is 10.2 Å². The summed E-state index contributed by atoms with van der Waals surface area (Å²) >= 11 is 3.47. The lowest BCUT2D eigenvalue weighted by Gasteiger charge is -2.34. The van der Waals surface area contributed by atoms with Crippen LogP contribution >= 0.6 is 15.9 Å². The fraction of sp³-hybridized carbons (Fsp3) is 0.278. The number of hydrogen-bond donors (Lipinski definition) is 1. The molecule has 45 heavy (non-hydrogen) atoms. The normalized spacial score (nSPS) is 12.6. The Morgan fingerprint density at radius 1 is 0.822 bits per heavy atom. The van der Waals surface area contributed by atoms with Crippen LogP contribution in [0.15, 0.2) is 112 Å². The van der Waals surface area contributed by atoms with Crippen molar-refractivity contribution in [2.75, 3.05) is 10.8 Å². The SMILES string of the molecule is CCC(C)NC(=O)C(Cc1ccccc1)N(Cc1ccc(Br)cc1)C(=O)CN(c1cc(C)cc(C)c1)S(=O)(=O)c1ccccc1. The van der Waals surface area contributed by atoms with Gasteiger partial charge in [0.1, 0.15) is 12.6 Å². The molecule has 0 radical (unpaired) electrons. The quantitative estimate of drug-likeness (QED) is 0.167. The number of carbonyl (C=O) groups excluding carboxylic acids is 2. The Morgan fingerprint density at radius 2 is 1.40 bits per heavy atom. The van der Waals surface area contributed by atoms with E-state index in [1.54, 1.807) is 30.3 Å². The van der Waals surface area contributed by atoms with Gasteiger partial charge in [0.05, 0.1) is 10.6 Å². The van der Waals surface area contributed by atoms with Crippen molar-refractivity contribution < 1.29 is 18.0 Å². The summed E-state index contributed by atoms with van der Waals surface area (Å²) < 4.78 is 30.4. The van der Waals surface area contributed by atoms with E-state index in [0.717, 1.165) is 37.5 Å². The van der Waals surface area contributed by atoms with E-state index in [9.17, 15) is 18.0 Å². The van der Waals surface area contributed by atoms with Crippen LogP contribution < -0.4 is 9.62 Å². The van der Waals surface area contributed by atoms with Gasteiger partial charge in [-0.25, -0.2) is 8.42 Å². The van der Waals surface area contributed by atoms with Crippen LogP contribution in [-0.4, -0.2) is 43.8 Å². The molecule has 0 heterocycles. The highest BCUT2D eigenvalue weighted by atomic mass is 79.9. The van der Waals surface area contributed by atoms with Crippen LogP contribution in [0.25, 0.3) is 0 Å². The standard InChI is InChI=1S/C36H40BrN3O4S/c1-5-28(4)38-36(42)34(23-29-12-8-6-9-13-29)39(24-30-16-18-31(37)19-17-30)35(41)25-40(32-21-26(2)20-27(3)22-32)45(43,44)33-14-10-7-11-15-33/h6-22,28,34H,5,23-25H2,1-4H3,(H,38,42). The molecule has 0 aliphatic carbocycles. The van der Waals surface area contributed by atoms with Gasteiger partial charge in [-0.1, -0.05) is 89.6 Å². The molecule has 4 aromatic rings. The molecule has 2 atom stereocenters. The fourth-order valence-electron chi connectivity index (χ4n) is 5.12. The van der Waals surface area contributed by atoms with Crippen LogP contribution in [0.3, 0.4) is 0 Å². The van der Waals surface area contributed by atoms with Gasteiger partial charge >= 0.3 is 0 Å². The number of amides is 2. The van der Waals surface area contributed by atoms with Gasteiger partial charge in [0.25, 0.3) is 10.0 Å². The van der Waals surface area contributed by atoms with Crippen molar-refractivity contribution in [3.63, 3.8) is 0 Å². The molecule has 0 saturated heterocycles. The van der Waals surface area contributed by atoms with E-state index in [0.29, 0.717) is 5.69 Å². The summed E-state index contributed by atoms with van der Waals surface area (Å²) in [7, 11) is -4.14. The van der Waals surface area contributed by atoms with Gasteiger partial charge in [0.15, 0.2) is 0 Å². The minimum Gasteiger partial charge on any atom is -0.352 e. The van der Waals surface area contributed by atoms with E-state index in [4.69, 9.17) is 0 Å². The minimum absolute atomic E-state index is 0.0757. The molecule has 0 bridgehead atoms. The Bertz CT molecular complexity index is 1680. The number of nitrogens with one attached hydrogen (secondary N) is 1. The predicted octanol–water partition coefficient (Wildman–Crippen LogP) is 6.82. The smallest absolute Gasteiger partial charge is 0.264 e. The average Bonchev–Trinajstić information content (AvgIpc) is 3.02. The second-order valence-electron chi connectivity index (χ2n) is 11.3. The summed E-state index contributed by atoms with van der Waals surface area (Å²) in [6.45, 7) is 7.31. The molecule has 0 spiro atoms. The molecule has 7 nitrogen and oxygen atoms in total. The summed E-state index contributed by atoms with van der Waals surface area (Å²) in [4.78, 5) is 30.1. The molecular formula is C36H40BrN3O4S. The molecule has 9 heteroatoms. The largest absolute Gasteiger partial charge is 0.352 e. The first-order valence-corrected chi connectivity index (χ1v) is 17.3. The molecule has 0 saturated carbocycles. The highest BCUT2D eigenvalue weighted by Crippen LogP contribution is 2.27. The molecule has 0 aliphatic rings. The first-order chi connectivity index (χ1) is 21.5. The van der Waals surface area contributed by atoms with Gasteiger partial charge in [-0.05, 0) is 85.8 Å². The summed E-state index contributed by atoms with van der Waals surface area (Å²) in [5.41, 5.74) is 3.82. The maximum Gasteiger partial charge on any atom is 0.264 e. The van der Waals surface area contributed by atoms with Crippen molar-refractivity contribution >= 4 is 43.5 Å². The molecule has 0 aromatic heterocycles. The van der Waals surface area contributed by atoms with E-state index in [1.165, 1.54) is 17.0 Å². The Morgan fingerprint density at radius 3 is 1.98 bits per heavy atom. The number of hydrogen-bond acceptors (Lipinski definition) is 4. The highest BCUT2D eigenvalue weighted by Gasteiger charge is 2.35. The number of anilines is 1. The molecule has 1 N–H and O–H groups in total. The van der Waals surface area contributed by atoms with Crippen LogP contribution in [0.5, 0.6) is 0 Å². The lowest BCUT2D eigenvalue weighted by atomic mass is 10.0. The second kappa shape index (κ2) is 15.4. The van der Waals surface area contributed by atoms with Crippen LogP contribution in [0.2, 0.25) is 0 Å². The monoisotopic (exact) mass is 689 g/mol. The Kier molecular flexibility index (Phi) is 11.6. The number of carbonyl (C=O) groups is 2. The average molecular weight is 691 g/mol. The molecule has 4 aromatic carbocycles. The van der Waals surface area contributed by atoms with Gasteiger partial charge in [-0.15, -0.1) is 0 Å². The number of aryl methyl sites for hydroxylation is 2. The second-order valence-corrected chi connectivity index (χ2v) is 14.1. The van der Waals surface area contributed by atoms with Gasteiger partial charge in [-0.2, -0.15) is 0 Å². The first-order valence-electron chi connectivity index (χ1n) is 15.0. The van der Waals surface area contributed by atoms with Crippen molar-refractivity contribution in [1.29, 1.82) is 0 Å². The zero-order valence-corrected chi connectivity index (χ0v) is 28.5. The van der Waals surface area contributed by atoms with E-state index >= 15 is 0 Å². The predicted molar refractivity (Wildman–Crippen MR) is 183 cm³/mol.